The van der Waals surface area contributed by atoms with E-state index in [0.717, 1.165) is 5.56 Å². The van der Waals surface area contributed by atoms with Crippen LogP contribution in [-0.2, 0) is 9.53 Å². The van der Waals surface area contributed by atoms with E-state index in [9.17, 15) is 9.59 Å². The Balaban J connectivity index is 3.11. The molecule has 0 radical (unpaired) electrons. The number of rotatable bonds is 6. The van der Waals surface area contributed by atoms with Crippen LogP contribution in [0.4, 0.5) is 5.69 Å². The SMILES string of the molecule is COC(=O)C(CC(C)C)NC(=O)c1ccc(N)cc1/C=C\C(C)(C)C. The van der Waals surface area contributed by atoms with Gasteiger partial charge in [0.25, 0.3) is 5.91 Å². The van der Waals surface area contributed by atoms with E-state index in [4.69, 9.17) is 10.5 Å². The second-order valence-electron chi connectivity index (χ2n) is 7.72. The fraction of sp³-hybridized carbons (Fsp3) is 0.500. The largest absolute Gasteiger partial charge is 0.467 e. The lowest BCUT2D eigenvalue weighted by Crippen LogP contribution is -2.42. The normalized spacial score (nSPS) is 13.1. The number of anilines is 1. The highest BCUT2D eigenvalue weighted by Crippen LogP contribution is 2.21. The molecule has 5 nitrogen and oxygen atoms in total. The quantitative estimate of drug-likeness (QED) is 0.608. The topological polar surface area (TPSA) is 81.4 Å². The Morgan fingerprint density at radius 1 is 1.28 bits per heavy atom. The maximum Gasteiger partial charge on any atom is 0.328 e. The number of amides is 1. The van der Waals surface area contributed by atoms with Gasteiger partial charge >= 0.3 is 5.97 Å². The summed E-state index contributed by atoms with van der Waals surface area (Å²) < 4.78 is 4.80. The lowest BCUT2D eigenvalue weighted by molar-refractivity contribution is -0.143. The molecular formula is C20H30N2O3. The minimum Gasteiger partial charge on any atom is -0.467 e. The van der Waals surface area contributed by atoms with Gasteiger partial charge in [0.15, 0.2) is 0 Å². The molecule has 0 aromatic heterocycles. The van der Waals surface area contributed by atoms with Crippen LogP contribution in [0.15, 0.2) is 24.3 Å². The number of carbonyl (C=O) groups excluding carboxylic acids is 2. The number of nitrogen functional groups attached to an aromatic ring is 1. The number of ether oxygens (including phenoxy) is 1. The fourth-order valence-corrected chi connectivity index (χ4v) is 2.33. The van der Waals surface area contributed by atoms with Crippen LogP contribution in [0.2, 0.25) is 0 Å². The molecule has 1 aromatic rings. The van der Waals surface area contributed by atoms with Crippen molar-refractivity contribution in [1.82, 2.24) is 5.32 Å². The molecule has 25 heavy (non-hydrogen) atoms. The molecule has 0 aliphatic rings. The van der Waals surface area contributed by atoms with Crippen molar-refractivity contribution < 1.29 is 14.3 Å². The van der Waals surface area contributed by atoms with Crippen molar-refractivity contribution in [2.24, 2.45) is 11.3 Å². The van der Waals surface area contributed by atoms with Crippen molar-refractivity contribution in [2.75, 3.05) is 12.8 Å². The van der Waals surface area contributed by atoms with Crippen LogP contribution in [0.25, 0.3) is 6.08 Å². The fourth-order valence-electron chi connectivity index (χ4n) is 2.33. The van der Waals surface area contributed by atoms with Crippen molar-refractivity contribution in [1.29, 1.82) is 0 Å². The number of hydrogen-bond acceptors (Lipinski definition) is 4. The van der Waals surface area contributed by atoms with Gasteiger partial charge in [0.2, 0.25) is 0 Å². The first-order chi connectivity index (χ1) is 11.5. The molecule has 0 aliphatic heterocycles. The molecule has 5 heteroatoms. The molecule has 0 heterocycles. The highest BCUT2D eigenvalue weighted by Gasteiger charge is 2.24. The average molecular weight is 346 g/mol. The van der Waals surface area contributed by atoms with Gasteiger partial charge in [0.1, 0.15) is 6.04 Å². The molecule has 0 saturated heterocycles. The van der Waals surface area contributed by atoms with Crippen LogP contribution in [0.5, 0.6) is 0 Å². The van der Waals surface area contributed by atoms with Crippen LogP contribution < -0.4 is 11.1 Å². The van der Waals surface area contributed by atoms with E-state index in [1.807, 2.05) is 26.0 Å². The molecule has 0 aliphatic carbocycles. The zero-order valence-corrected chi connectivity index (χ0v) is 16.1. The Labute approximate surface area is 150 Å². The zero-order valence-electron chi connectivity index (χ0n) is 16.1. The van der Waals surface area contributed by atoms with Gasteiger partial charge in [-0.15, -0.1) is 0 Å². The van der Waals surface area contributed by atoms with Crippen LogP contribution in [0.3, 0.4) is 0 Å². The molecule has 0 spiro atoms. The maximum atomic E-state index is 12.7. The Bertz CT molecular complexity index is 643. The third-order valence-corrected chi connectivity index (χ3v) is 3.58. The summed E-state index contributed by atoms with van der Waals surface area (Å²) in [6.07, 6.45) is 4.42. The van der Waals surface area contributed by atoms with E-state index in [0.29, 0.717) is 17.7 Å². The van der Waals surface area contributed by atoms with Gasteiger partial charge in [-0.1, -0.05) is 46.8 Å². The summed E-state index contributed by atoms with van der Waals surface area (Å²) in [4.78, 5) is 24.7. The molecule has 1 unspecified atom stereocenters. The molecule has 1 atom stereocenters. The molecule has 1 aromatic carbocycles. The molecule has 0 fully saturated rings. The standard InChI is InChI=1S/C20H30N2O3/c1-13(2)11-17(19(24)25-6)22-18(23)16-8-7-15(21)12-14(16)9-10-20(3,4)5/h7-10,12-13,17H,11,21H2,1-6H3,(H,22,23)/b10-9-. The Hall–Kier alpha value is -2.30. The molecule has 3 N–H and O–H groups in total. The number of carbonyl (C=O) groups is 2. The number of benzene rings is 1. The van der Waals surface area contributed by atoms with E-state index < -0.39 is 12.0 Å². The van der Waals surface area contributed by atoms with E-state index >= 15 is 0 Å². The van der Waals surface area contributed by atoms with Crippen LogP contribution >= 0.6 is 0 Å². The highest BCUT2D eigenvalue weighted by molar-refractivity contribution is 6.00. The smallest absolute Gasteiger partial charge is 0.328 e. The first kappa shape index (κ1) is 20.7. The van der Waals surface area contributed by atoms with Crippen molar-refractivity contribution in [3.05, 3.63) is 35.4 Å². The molecule has 1 rings (SSSR count). The summed E-state index contributed by atoms with van der Waals surface area (Å²) in [6, 6.07) is 4.44. The number of allylic oxidation sites excluding steroid dienone is 1. The van der Waals surface area contributed by atoms with Crippen LogP contribution in [0.1, 0.15) is 57.0 Å². The Morgan fingerprint density at radius 3 is 2.44 bits per heavy atom. The van der Waals surface area contributed by atoms with Gasteiger partial charge in [0, 0.05) is 11.3 Å². The second kappa shape index (κ2) is 8.70. The number of hydrogen-bond donors (Lipinski definition) is 2. The predicted molar refractivity (Wildman–Crippen MR) is 102 cm³/mol. The van der Waals surface area contributed by atoms with Gasteiger partial charge in [-0.2, -0.15) is 0 Å². The van der Waals surface area contributed by atoms with Gasteiger partial charge in [-0.05, 0) is 41.5 Å². The summed E-state index contributed by atoms with van der Waals surface area (Å²) in [7, 11) is 1.32. The van der Waals surface area contributed by atoms with Gasteiger partial charge < -0.3 is 15.8 Å². The molecule has 138 valence electrons. The van der Waals surface area contributed by atoms with Crippen molar-refractivity contribution in [2.45, 2.75) is 47.1 Å². The zero-order chi connectivity index (χ0) is 19.2. The minimum absolute atomic E-state index is 0.0233. The number of methoxy groups -OCH3 is 1. The second-order valence-corrected chi connectivity index (χ2v) is 7.72. The van der Waals surface area contributed by atoms with E-state index in [1.165, 1.54) is 7.11 Å². The van der Waals surface area contributed by atoms with Crippen LogP contribution in [-0.4, -0.2) is 25.0 Å². The minimum atomic E-state index is -0.672. The Morgan fingerprint density at radius 2 is 1.92 bits per heavy atom. The van der Waals surface area contributed by atoms with Gasteiger partial charge in [-0.25, -0.2) is 4.79 Å². The maximum absolute atomic E-state index is 12.7. The van der Waals surface area contributed by atoms with E-state index in [2.05, 4.69) is 26.1 Å². The molecular weight excluding hydrogens is 316 g/mol. The lowest BCUT2D eigenvalue weighted by Gasteiger charge is -2.19. The average Bonchev–Trinajstić information content (AvgIpc) is 2.50. The van der Waals surface area contributed by atoms with E-state index in [-0.39, 0.29) is 17.2 Å². The van der Waals surface area contributed by atoms with Crippen molar-refractivity contribution in [3.63, 3.8) is 0 Å². The highest BCUT2D eigenvalue weighted by atomic mass is 16.5. The van der Waals surface area contributed by atoms with Crippen LogP contribution in [0, 0.1) is 11.3 Å². The molecule has 1 amide bonds. The first-order valence-corrected chi connectivity index (χ1v) is 8.51. The first-order valence-electron chi connectivity index (χ1n) is 8.51. The van der Waals surface area contributed by atoms with Crippen molar-refractivity contribution >= 4 is 23.6 Å². The summed E-state index contributed by atoms with van der Waals surface area (Å²) in [5.41, 5.74) is 7.62. The molecule has 0 bridgehead atoms. The molecule has 0 saturated carbocycles. The van der Waals surface area contributed by atoms with E-state index in [1.54, 1.807) is 18.2 Å². The summed E-state index contributed by atoms with van der Waals surface area (Å²) >= 11 is 0. The summed E-state index contributed by atoms with van der Waals surface area (Å²) in [5.74, 6) is -0.509. The van der Waals surface area contributed by atoms with Crippen molar-refractivity contribution in [3.8, 4) is 0 Å². The third kappa shape index (κ3) is 6.99. The monoisotopic (exact) mass is 346 g/mol. The van der Waals surface area contributed by atoms with Gasteiger partial charge in [-0.3, -0.25) is 4.79 Å². The number of nitrogens with two attached hydrogens (primary N) is 1. The summed E-state index contributed by atoms with van der Waals surface area (Å²) in [6.45, 7) is 10.2. The lowest BCUT2D eigenvalue weighted by atomic mass is 9.94. The third-order valence-electron chi connectivity index (χ3n) is 3.58. The number of nitrogens with one attached hydrogen (secondary N) is 1. The Kier molecular flexibility index (Phi) is 7.22. The number of esters is 1. The summed E-state index contributed by atoms with van der Waals surface area (Å²) in [5, 5.41) is 2.78. The predicted octanol–water partition coefficient (Wildman–Crippen LogP) is 3.65. The van der Waals surface area contributed by atoms with Gasteiger partial charge in [0.05, 0.1) is 7.11 Å².